The number of aliphatic imine (C=N–C) groups is 1. The van der Waals surface area contributed by atoms with Gasteiger partial charge in [-0.1, -0.05) is 80.9 Å². The normalized spacial score (nSPS) is 13.5. The highest BCUT2D eigenvalue weighted by atomic mass is 19.4. The summed E-state index contributed by atoms with van der Waals surface area (Å²) >= 11 is 0. The van der Waals surface area contributed by atoms with Gasteiger partial charge in [-0.25, -0.2) is 4.98 Å². The lowest BCUT2D eigenvalue weighted by Gasteiger charge is -2.38. The summed E-state index contributed by atoms with van der Waals surface area (Å²) in [4.78, 5) is 8.76. The van der Waals surface area contributed by atoms with E-state index in [1.165, 1.54) is 6.07 Å². The van der Waals surface area contributed by atoms with Crippen LogP contribution < -0.4 is 0 Å². The maximum Gasteiger partial charge on any atom is 0.411 e. The Kier molecular flexibility index (Phi) is 7.96. The van der Waals surface area contributed by atoms with E-state index in [2.05, 4.69) is 30.7 Å². The van der Waals surface area contributed by atoms with E-state index < -0.39 is 28.9 Å². The molecule has 0 bridgehead atoms. The standard InChI is InChI=1S/C36H32F6N2O/c1-21-8-7-9-25(18-21)32-44-30-20-28(16-17-31(30)45-32)34(35(37,38)39,36(40,41)42)27-13-10-22(2)29(19-27)43-23(3)24-11-14-26(15-12-24)33(4,5)6/h7-20H,1-6H3. The molecular formula is C36H32F6N2O. The molecule has 0 unspecified atom stereocenters. The fourth-order valence-electron chi connectivity index (χ4n) is 5.46. The molecule has 0 saturated carbocycles. The number of alkyl halides is 6. The van der Waals surface area contributed by atoms with Gasteiger partial charge < -0.3 is 4.42 Å². The highest BCUT2D eigenvalue weighted by Crippen LogP contribution is 2.57. The number of nitrogens with zero attached hydrogens (tertiary/aromatic N) is 2. The predicted octanol–water partition coefficient (Wildman–Crippen LogP) is 11.0. The number of rotatable bonds is 5. The third-order valence-corrected chi connectivity index (χ3v) is 8.04. The van der Waals surface area contributed by atoms with E-state index in [1.807, 2.05) is 37.3 Å². The van der Waals surface area contributed by atoms with Gasteiger partial charge in [0, 0.05) is 11.3 Å². The lowest BCUT2D eigenvalue weighted by Crippen LogP contribution is -2.54. The molecule has 5 rings (SSSR count). The fourth-order valence-corrected chi connectivity index (χ4v) is 5.46. The van der Waals surface area contributed by atoms with Crippen LogP contribution in [-0.4, -0.2) is 23.0 Å². The van der Waals surface area contributed by atoms with E-state index in [0.717, 1.165) is 41.5 Å². The van der Waals surface area contributed by atoms with Gasteiger partial charge in [-0.3, -0.25) is 4.99 Å². The van der Waals surface area contributed by atoms with Crippen LogP contribution >= 0.6 is 0 Å². The second-order valence-corrected chi connectivity index (χ2v) is 12.3. The number of benzene rings is 4. The van der Waals surface area contributed by atoms with E-state index >= 15 is 26.3 Å². The van der Waals surface area contributed by atoms with Gasteiger partial charge in [0.2, 0.25) is 11.3 Å². The minimum Gasteiger partial charge on any atom is -0.436 e. The van der Waals surface area contributed by atoms with Gasteiger partial charge in [-0.05, 0) is 84.3 Å². The highest BCUT2D eigenvalue weighted by Gasteiger charge is 2.72. The van der Waals surface area contributed by atoms with Crippen molar-refractivity contribution in [1.29, 1.82) is 0 Å². The van der Waals surface area contributed by atoms with Crippen molar-refractivity contribution in [3.8, 4) is 11.5 Å². The number of oxazole rings is 1. The van der Waals surface area contributed by atoms with Gasteiger partial charge in [0.1, 0.15) is 5.52 Å². The highest BCUT2D eigenvalue weighted by molar-refractivity contribution is 6.00. The molecule has 0 radical (unpaired) electrons. The molecule has 0 atom stereocenters. The van der Waals surface area contributed by atoms with E-state index in [1.54, 1.807) is 32.0 Å². The monoisotopic (exact) mass is 622 g/mol. The Morgan fingerprint density at radius 1 is 0.711 bits per heavy atom. The molecule has 45 heavy (non-hydrogen) atoms. The van der Waals surface area contributed by atoms with Crippen molar-refractivity contribution in [2.24, 2.45) is 4.99 Å². The first-order valence-electron chi connectivity index (χ1n) is 14.3. The summed E-state index contributed by atoms with van der Waals surface area (Å²) in [5.74, 6) is 0.0911. The fraction of sp³-hybridized carbons (Fsp3) is 0.278. The van der Waals surface area contributed by atoms with E-state index in [4.69, 9.17) is 4.42 Å². The van der Waals surface area contributed by atoms with Crippen molar-refractivity contribution in [2.75, 3.05) is 0 Å². The second-order valence-electron chi connectivity index (χ2n) is 12.3. The average Bonchev–Trinajstić information content (AvgIpc) is 3.37. The van der Waals surface area contributed by atoms with Crippen LogP contribution in [0.1, 0.15) is 61.1 Å². The van der Waals surface area contributed by atoms with Gasteiger partial charge in [0.15, 0.2) is 5.58 Å². The third-order valence-electron chi connectivity index (χ3n) is 8.04. The zero-order valence-corrected chi connectivity index (χ0v) is 25.7. The van der Waals surface area contributed by atoms with Crippen molar-refractivity contribution < 1.29 is 30.8 Å². The molecule has 4 aromatic carbocycles. The second kappa shape index (κ2) is 11.2. The molecule has 9 heteroatoms. The molecule has 0 fully saturated rings. The lowest BCUT2D eigenvalue weighted by atomic mass is 9.72. The van der Waals surface area contributed by atoms with Crippen molar-refractivity contribution in [2.45, 2.75) is 64.7 Å². The Morgan fingerprint density at radius 2 is 1.31 bits per heavy atom. The van der Waals surface area contributed by atoms with Crippen LogP contribution in [0, 0.1) is 13.8 Å². The summed E-state index contributed by atoms with van der Waals surface area (Å²) in [5, 5.41) is 0. The van der Waals surface area contributed by atoms with Crippen LogP contribution in [0.15, 0.2) is 94.3 Å². The molecular weight excluding hydrogens is 590 g/mol. The summed E-state index contributed by atoms with van der Waals surface area (Å²) in [5.41, 5.74) is -2.43. The van der Waals surface area contributed by atoms with Gasteiger partial charge in [0.05, 0.1) is 5.69 Å². The average molecular weight is 623 g/mol. The van der Waals surface area contributed by atoms with Crippen LogP contribution in [0.5, 0.6) is 0 Å². The number of aryl methyl sites for hydroxylation is 2. The first-order chi connectivity index (χ1) is 20.9. The minimum absolute atomic E-state index is 0.00650. The third kappa shape index (κ3) is 5.88. The van der Waals surface area contributed by atoms with Crippen LogP contribution in [0.3, 0.4) is 0 Å². The molecule has 0 aliphatic carbocycles. The van der Waals surface area contributed by atoms with Gasteiger partial charge in [-0.15, -0.1) is 0 Å². The molecule has 0 N–H and O–H groups in total. The number of halogens is 6. The molecule has 0 aliphatic rings. The van der Waals surface area contributed by atoms with Crippen molar-refractivity contribution in [3.05, 3.63) is 118 Å². The largest absolute Gasteiger partial charge is 0.436 e. The SMILES string of the molecule is CC(=Nc1cc(C(c2ccc3oc(-c4cccc(C)c4)nc3c2)(C(F)(F)F)C(F)(F)F)ccc1C)c1ccc(C(C)(C)C)cc1. The van der Waals surface area contributed by atoms with Gasteiger partial charge in [0.25, 0.3) is 0 Å². The predicted molar refractivity (Wildman–Crippen MR) is 165 cm³/mol. The molecule has 234 valence electrons. The van der Waals surface area contributed by atoms with Crippen molar-refractivity contribution in [1.82, 2.24) is 4.98 Å². The summed E-state index contributed by atoms with van der Waals surface area (Å²) < 4.78 is 96.0. The molecule has 0 amide bonds. The minimum atomic E-state index is -5.77. The Hall–Kier alpha value is -4.40. The van der Waals surface area contributed by atoms with Crippen LogP contribution in [0.4, 0.5) is 32.0 Å². The zero-order valence-electron chi connectivity index (χ0n) is 25.7. The number of aromatic nitrogens is 1. The number of hydrogen-bond donors (Lipinski definition) is 0. The molecule has 0 saturated heterocycles. The Balaban J connectivity index is 1.66. The van der Waals surface area contributed by atoms with Gasteiger partial charge in [-0.2, -0.15) is 26.3 Å². The number of fused-ring (bicyclic) bond motifs is 1. The smallest absolute Gasteiger partial charge is 0.411 e. The summed E-state index contributed by atoms with van der Waals surface area (Å²) in [7, 11) is 0. The first-order valence-corrected chi connectivity index (χ1v) is 14.3. The Labute approximate surface area is 257 Å². The van der Waals surface area contributed by atoms with E-state index in [0.29, 0.717) is 22.4 Å². The molecule has 1 heterocycles. The summed E-state index contributed by atoms with van der Waals surface area (Å²) in [6.07, 6.45) is -11.5. The molecule has 0 spiro atoms. The van der Waals surface area contributed by atoms with E-state index in [9.17, 15) is 0 Å². The summed E-state index contributed by atoms with van der Waals surface area (Å²) in [6.45, 7) is 11.3. The van der Waals surface area contributed by atoms with Crippen LogP contribution in [0.2, 0.25) is 0 Å². The molecule has 1 aromatic heterocycles. The van der Waals surface area contributed by atoms with Gasteiger partial charge >= 0.3 is 12.4 Å². The quantitative estimate of drug-likeness (QED) is 0.144. The first kappa shape index (κ1) is 32.0. The lowest BCUT2D eigenvalue weighted by molar-refractivity contribution is -0.288. The number of hydrogen-bond acceptors (Lipinski definition) is 3. The molecule has 5 aromatic rings. The maximum atomic E-state index is 15.1. The zero-order chi connectivity index (χ0) is 32.9. The Morgan fingerprint density at radius 3 is 1.91 bits per heavy atom. The topological polar surface area (TPSA) is 38.4 Å². The van der Waals surface area contributed by atoms with Crippen molar-refractivity contribution in [3.63, 3.8) is 0 Å². The van der Waals surface area contributed by atoms with Crippen LogP contribution in [0.25, 0.3) is 22.6 Å². The molecule has 0 aliphatic heterocycles. The van der Waals surface area contributed by atoms with E-state index in [-0.39, 0.29) is 28.1 Å². The van der Waals surface area contributed by atoms with Crippen LogP contribution in [-0.2, 0) is 10.8 Å². The van der Waals surface area contributed by atoms with Crippen molar-refractivity contribution >= 4 is 22.5 Å². The Bertz CT molecular complexity index is 1880. The molecule has 3 nitrogen and oxygen atoms in total. The maximum absolute atomic E-state index is 15.1. The summed E-state index contributed by atoms with van der Waals surface area (Å²) in [6, 6.07) is 20.3.